The van der Waals surface area contributed by atoms with Crippen LogP contribution in [0.2, 0.25) is 5.02 Å². The molecule has 9 heterocycles. The van der Waals surface area contributed by atoms with Gasteiger partial charge in [0.15, 0.2) is 0 Å². The number of carbonyl (C=O) groups excluding carboxylic acids is 2. The minimum Gasteiger partial charge on any atom is -0.455 e. The number of carbonyl (C=O) groups is 2. The maximum atomic E-state index is 16.6. The zero-order valence-corrected chi connectivity index (χ0v) is 52.4. The van der Waals surface area contributed by atoms with E-state index in [1.807, 2.05) is 52.5 Å². The summed E-state index contributed by atoms with van der Waals surface area (Å²) in [6.45, 7) is 3.12. The molecule has 1 atom stereocenters. The maximum Gasteiger partial charge on any atom is 0.255 e. The van der Waals surface area contributed by atoms with E-state index in [0.29, 0.717) is 116 Å². The van der Waals surface area contributed by atoms with Crippen molar-refractivity contribution in [2.75, 3.05) is 49.3 Å². The van der Waals surface area contributed by atoms with Crippen molar-refractivity contribution in [3.8, 4) is 67.9 Å². The maximum absolute atomic E-state index is 16.6. The van der Waals surface area contributed by atoms with E-state index in [2.05, 4.69) is 10.6 Å². The molecule has 0 bridgehead atoms. The van der Waals surface area contributed by atoms with Crippen molar-refractivity contribution >= 4 is 98.6 Å². The summed E-state index contributed by atoms with van der Waals surface area (Å²) < 4.78 is 118. The summed E-state index contributed by atoms with van der Waals surface area (Å²) in [4.78, 5) is 42.9. The average Bonchev–Trinajstić information content (AvgIpc) is 1.82. The second-order valence-corrected chi connectivity index (χ2v) is 27.6. The summed E-state index contributed by atoms with van der Waals surface area (Å²) >= 11 is 6.50. The predicted octanol–water partition coefficient (Wildman–Crippen LogP) is 13.3. The molecule has 12 aromatic rings. The first-order valence-corrected chi connectivity index (χ1v) is 33.1. The molecule has 1 unspecified atom stereocenters. The van der Waals surface area contributed by atoms with Gasteiger partial charge in [-0.1, -0.05) is 36.7 Å². The summed E-state index contributed by atoms with van der Waals surface area (Å²) in [6.07, 6.45) is 5.35. The van der Waals surface area contributed by atoms with Gasteiger partial charge in [0.2, 0.25) is 20.0 Å². The summed E-state index contributed by atoms with van der Waals surface area (Å²) in [6, 6.07) is 33.2. The quantitative estimate of drug-likeness (QED) is 0.111. The zero-order chi connectivity index (χ0) is 63.9. The number of fused-ring (bicyclic) bond motifs is 12. The number of sulfonamides is 2. The van der Waals surface area contributed by atoms with Crippen molar-refractivity contribution < 1.29 is 48.4 Å². The van der Waals surface area contributed by atoms with E-state index in [0.717, 1.165) is 49.5 Å². The van der Waals surface area contributed by atoms with Crippen molar-refractivity contribution in [2.45, 2.75) is 45.2 Å². The van der Waals surface area contributed by atoms with Crippen molar-refractivity contribution in [1.82, 2.24) is 34.7 Å². The van der Waals surface area contributed by atoms with Crippen LogP contribution in [0.3, 0.4) is 0 Å². The number of furan rings is 2. The lowest BCUT2D eigenvalue weighted by atomic mass is 9.96. The molecule has 460 valence electrons. The molecule has 2 aliphatic rings. The highest BCUT2D eigenvalue weighted by atomic mass is 35.5. The van der Waals surface area contributed by atoms with E-state index < -0.39 is 43.5 Å². The number of nitrogens with zero attached hydrogens (tertiary/aromatic N) is 7. The Morgan fingerprint density at radius 1 is 0.626 bits per heavy atom. The van der Waals surface area contributed by atoms with Crippen LogP contribution in [0.5, 0.6) is 0 Å². The number of anilines is 2. The zero-order valence-electron chi connectivity index (χ0n) is 50.0. The van der Waals surface area contributed by atoms with Crippen LogP contribution >= 0.6 is 11.6 Å². The number of benzene rings is 5. The first-order chi connectivity index (χ1) is 43.5. The fourth-order valence-electron chi connectivity index (χ4n) is 12.8. The van der Waals surface area contributed by atoms with Gasteiger partial charge in [-0.15, -0.1) is 0 Å². The summed E-state index contributed by atoms with van der Waals surface area (Å²) in [5, 5.41) is 6.95. The van der Waals surface area contributed by atoms with Gasteiger partial charge in [-0.05, 0) is 127 Å². The Bertz CT molecular complexity index is 5370. The summed E-state index contributed by atoms with van der Waals surface area (Å²) in [7, 11) is -1.94. The van der Waals surface area contributed by atoms with Gasteiger partial charge in [0.05, 0.1) is 85.2 Å². The lowest BCUT2D eigenvalue weighted by Gasteiger charge is -2.23. The second kappa shape index (κ2) is 21.7. The molecule has 23 heteroatoms. The highest BCUT2D eigenvalue weighted by molar-refractivity contribution is 7.92. The molecule has 2 N–H and O–H groups in total. The minimum atomic E-state index is -3.88. The van der Waals surface area contributed by atoms with Crippen LogP contribution in [0.1, 0.15) is 55.9 Å². The molecule has 17 nitrogen and oxygen atoms in total. The van der Waals surface area contributed by atoms with Gasteiger partial charge in [-0.3, -0.25) is 23.2 Å². The van der Waals surface area contributed by atoms with E-state index in [1.165, 1.54) is 58.5 Å². The Morgan fingerprint density at radius 3 is 1.71 bits per heavy atom. The molecule has 7 aromatic heterocycles. The number of amides is 2. The highest BCUT2D eigenvalue weighted by Crippen LogP contribution is 2.47. The second-order valence-electron chi connectivity index (χ2n) is 23.1. The molecule has 5 aromatic carbocycles. The molecule has 2 aliphatic heterocycles. The number of aryl methyl sites for hydroxylation is 4. The van der Waals surface area contributed by atoms with Gasteiger partial charge < -0.3 is 28.6 Å². The Kier molecular flexibility index (Phi) is 14.1. The lowest BCUT2D eigenvalue weighted by molar-refractivity contribution is 0.0956. The molecular formula is C68H55ClF3N9O8S2. The van der Waals surface area contributed by atoms with Gasteiger partial charge in [0, 0.05) is 115 Å². The monoisotopic (exact) mass is 1280 g/mol. The van der Waals surface area contributed by atoms with Gasteiger partial charge in [-0.2, -0.15) is 0 Å². The molecule has 2 amide bonds. The van der Waals surface area contributed by atoms with Gasteiger partial charge in [0.1, 0.15) is 40.1 Å². The number of aromatic nitrogens is 5. The number of hydrogen-bond donors (Lipinski definition) is 2. The number of hydrogen-bond acceptors (Lipinski definition) is 11. The predicted molar refractivity (Wildman–Crippen MR) is 347 cm³/mol. The number of nitrogens with one attached hydrogen (secondary N) is 2. The lowest BCUT2D eigenvalue weighted by Crippen LogP contribution is -2.25. The summed E-state index contributed by atoms with van der Waals surface area (Å²) in [5.74, 6) is -2.35. The van der Waals surface area contributed by atoms with Gasteiger partial charge in [-0.25, -0.2) is 40.0 Å². The van der Waals surface area contributed by atoms with E-state index in [1.54, 1.807) is 54.7 Å². The average molecular weight is 1280 g/mol. The molecule has 0 saturated heterocycles. The van der Waals surface area contributed by atoms with Crippen LogP contribution in [-0.2, 0) is 52.4 Å². The topological polar surface area (TPSA) is 208 Å². The number of pyridine rings is 3. The first-order valence-electron chi connectivity index (χ1n) is 29.0. The van der Waals surface area contributed by atoms with Crippen LogP contribution in [0.25, 0.3) is 112 Å². The third-order valence-corrected chi connectivity index (χ3v) is 20.3. The highest BCUT2D eigenvalue weighted by Gasteiger charge is 2.32. The SMILES string of the molecule is CNC(=O)c1c(-c2ccc(C(C)Cc3cc(F)c4cc5n(c4c3)CCc3ccc(-c4cc6c(C(=O)NC)c(-c7ccc(F)cc7Cl)oc6cc4N(C)S(C)(=O)=O)nc3-5)nc2)oc2cc(N(C)S(C)(=O)=O)c(-c3ccc4c(n3)-c3cc5c(F)cccc5n3CC4)cc12. The fraction of sp³-hybridized carbons (Fsp3) is 0.191. The molecule has 0 aliphatic carbocycles. The van der Waals surface area contributed by atoms with E-state index in [9.17, 15) is 30.8 Å². The van der Waals surface area contributed by atoms with Crippen LogP contribution < -0.4 is 19.2 Å². The van der Waals surface area contributed by atoms with E-state index >= 15 is 8.78 Å². The standard InChI is InChI=1S/C68H55ClF3N9O8S2/c1-34(50-16-13-38(33-75-50)65-61(67(82)73-2)45-27-43(54(31-59(45)88-65)78(4)90(6,84)85)51-17-11-36-19-21-80-53-10-8-9-48(71)41(53)29-57(80)63(36)76-51)23-35-24-49(72)42-30-58-64-37(20-22-81(58)56(42)25-35)12-18-52(77-64)44-28-46-60(32-55(44)79(5)91(7,86)87)89-66(62(46)68(83)74-3)40-15-14-39(70)26-47(40)69/h8-18,24-34H,19-23H2,1-7H3,(H,73,82)(H,74,83). The van der Waals surface area contributed by atoms with Gasteiger partial charge in [0.25, 0.3) is 11.8 Å². The Balaban J connectivity index is 0.788. The van der Waals surface area contributed by atoms with Crippen LogP contribution in [-0.4, -0.2) is 93.4 Å². The van der Waals surface area contributed by atoms with Crippen LogP contribution in [0.4, 0.5) is 24.5 Å². The number of halogens is 4. The van der Waals surface area contributed by atoms with Crippen molar-refractivity contribution in [3.05, 3.63) is 184 Å². The Hall–Kier alpha value is -9.77. The van der Waals surface area contributed by atoms with Crippen molar-refractivity contribution in [2.24, 2.45) is 0 Å². The van der Waals surface area contributed by atoms with Crippen LogP contribution in [0, 0.1) is 17.5 Å². The smallest absolute Gasteiger partial charge is 0.255 e. The minimum absolute atomic E-state index is 0.00312. The van der Waals surface area contributed by atoms with Crippen molar-refractivity contribution in [3.63, 3.8) is 0 Å². The van der Waals surface area contributed by atoms with E-state index in [-0.39, 0.29) is 67.5 Å². The van der Waals surface area contributed by atoms with Gasteiger partial charge >= 0.3 is 0 Å². The third-order valence-electron chi connectivity index (χ3n) is 17.6. The fourth-order valence-corrected chi connectivity index (χ4v) is 14.1. The molecule has 0 saturated carbocycles. The molecule has 91 heavy (non-hydrogen) atoms. The Labute approximate surface area is 524 Å². The molecular weight excluding hydrogens is 1230 g/mol. The van der Waals surface area contributed by atoms with Crippen molar-refractivity contribution in [1.29, 1.82) is 0 Å². The normalized spacial score (nSPS) is 13.3. The van der Waals surface area contributed by atoms with Crippen LogP contribution in [0.15, 0.2) is 136 Å². The first kappa shape index (κ1) is 58.9. The largest absolute Gasteiger partial charge is 0.455 e. The molecule has 0 radical (unpaired) electrons. The number of rotatable bonds is 13. The molecule has 14 rings (SSSR count). The Morgan fingerprint density at radius 2 is 1.18 bits per heavy atom. The molecule has 0 spiro atoms. The van der Waals surface area contributed by atoms with E-state index in [4.69, 9.17) is 35.4 Å². The summed E-state index contributed by atoms with van der Waals surface area (Å²) in [5.41, 5.74) is 10.6. The third kappa shape index (κ3) is 9.85. The molecule has 0 fully saturated rings.